The Bertz CT molecular complexity index is 326. The summed E-state index contributed by atoms with van der Waals surface area (Å²) in [6.45, 7) is 2.05. The average molecular weight is 213 g/mol. The SMILES string of the molecule is FC(F)c1cccc(CNC2COC2)c1. The second kappa shape index (κ2) is 4.68. The summed E-state index contributed by atoms with van der Waals surface area (Å²) in [6.07, 6.45) is -2.39. The number of hydrogen-bond donors (Lipinski definition) is 1. The lowest BCUT2D eigenvalue weighted by molar-refractivity contribution is -0.00579. The van der Waals surface area contributed by atoms with Gasteiger partial charge in [0.1, 0.15) is 0 Å². The van der Waals surface area contributed by atoms with Crippen molar-refractivity contribution in [2.75, 3.05) is 13.2 Å². The molecule has 0 saturated carbocycles. The van der Waals surface area contributed by atoms with Crippen LogP contribution in [0.5, 0.6) is 0 Å². The largest absolute Gasteiger partial charge is 0.378 e. The zero-order valence-electron chi connectivity index (χ0n) is 8.25. The maximum atomic E-state index is 12.4. The number of halogens is 2. The maximum Gasteiger partial charge on any atom is 0.263 e. The van der Waals surface area contributed by atoms with Crippen molar-refractivity contribution in [3.63, 3.8) is 0 Å². The van der Waals surface area contributed by atoms with E-state index in [1.165, 1.54) is 12.1 Å². The first-order valence-electron chi connectivity index (χ1n) is 4.94. The van der Waals surface area contributed by atoms with Crippen LogP contribution in [0.25, 0.3) is 0 Å². The molecule has 1 aromatic carbocycles. The Hall–Kier alpha value is -1.00. The van der Waals surface area contributed by atoms with E-state index in [9.17, 15) is 8.78 Å². The van der Waals surface area contributed by atoms with Crippen molar-refractivity contribution in [1.29, 1.82) is 0 Å². The third-order valence-electron chi connectivity index (χ3n) is 2.44. The minimum Gasteiger partial charge on any atom is -0.378 e. The van der Waals surface area contributed by atoms with E-state index in [2.05, 4.69) is 5.32 Å². The molecule has 0 bridgehead atoms. The van der Waals surface area contributed by atoms with E-state index in [1.807, 2.05) is 6.07 Å². The summed E-state index contributed by atoms with van der Waals surface area (Å²) in [7, 11) is 0. The molecule has 0 spiro atoms. The van der Waals surface area contributed by atoms with Gasteiger partial charge in [-0.3, -0.25) is 0 Å². The van der Waals surface area contributed by atoms with Crippen molar-refractivity contribution in [2.24, 2.45) is 0 Å². The van der Waals surface area contributed by atoms with Crippen LogP contribution >= 0.6 is 0 Å². The van der Waals surface area contributed by atoms with E-state index >= 15 is 0 Å². The zero-order chi connectivity index (χ0) is 10.7. The van der Waals surface area contributed by atoms with Crippen LogP contribution in [0.1, 0.15) is 17.6 Å². The van der Waals surface area contributed by atoms with Crippen LogP contribution in [0.15, 0.2) is 24.3 Å². The lowest BCUT2D eigenvalue weighted by Gasteiger charge is -2.27. The molecule has 0 radical (unpaired) electrons. The minimum atomic E-state index is -2.39. The van der Waals surface area contributed by atoms with Crippen molar-refractivity contribution in [2.45, 2.75) is 19.0 Å². The predicted octanol–water partition coefficient (Wildman–Crippen LogP) is 2.11. The highest BCUT2D eigenvalue weighted by molar-refractivity contribution is 5.24. The van der Waals surface area contributed by atoms with Crippen molar-refractivity contribution >= 4 is 0 Å². The third kappa shape index (κ3) is 2.73. The molecule has 1 aromatic rings. The van der Waals surface area contributed by atoms with Gasteiger partial charge in [0.15, 0.2) is 0 Å². The molecule has 2 rings (SSSR count). The molecule has 0 unspecified atom stereocenters. The third-order valence-corrected chi connectivity index (χ3v) is 2.44. The van der Waals surface area contributed by atoms with Gasteiger partial charge in [0.05, 0.1) is 19.3 Å². The summed E-state index contributed by atoms with van der Waals surface area (Å²) in [5.41, 5.74) is 0.971. The van der Waals surface area contributed by atoms with E-state index in [-0.39, 0.29) is 5.56 Å². The van der Waals surface area contributed by atoms with Crippen molar-refractivity contribution < 1.29 is 13.5 Å². The first-order valence-corrected chi connectivity index (χ1v) is 4.94. The fraction of sp³-hybridized carbons (Fsp3) is 0.455. The van der Waals surface area contributed by atoms with E-state index in [0.717, 1.165) is 5.56 Å². The number of ether oxygens (including phenoxy) is 1. The van der Waals surface area contributed by atoms with Gasteiger partial charge in [0.25, 0.3) is 6.43 Å². The van der Waals surface area contributed by atoms with Crippen molar-refractivity contribution in [1.82, 2.24) is 5.32 Å². The van der Waals surface area contributed by atoms with E-state index in [0.29, 0.717) is 25.8 Å². The second-order valence-electron chi connectivity index (χ2n) is 3.66. The van der Waals surface area contributed by atoms with Gasteiger partial charge in [-0.2, -0.15) is 0 Å². The van der Waals surface area contributed by atoms with Crippen LogP contribution in [0.3, 0.4) is 0 Å². The fourth-order valence-electron chi connectivity index (χ4n) is 1.45. The zero-order valence-corrected chi connectivity index (χ0v) is 8.25. The average Bonchev–Trinajstić information content (AvgIpc) is 2.16. The molecule has 1 N–H and O–H groups in total. The van der Waals surface area contributed by atoms with Gasteiger partial charge in [-0.1, -0.05) is 18.2 Å². The molecule has 82 valence electrons. The first-order chi connectivity index (χ1) is 7.25. The Morgan fingerprint density at radius 1 is 1.40 bits per heavy atom. The van der Waals surface area contributed by atoms with Crippen molar-refractivity contribution in [3.8, 4) is 0 Å². The lowest BCUT2D eigenvalue weighted by Crippen LogP contribution is -2.45. The number of nitrogens with one attached hydrogen (secondary N) is 1. The predicted molar refractivity (Wildman–Crippen MR) is 52.8 cm³/mol. The molecule has 0 amide bonds. The van der Waals surface area contributed by atoms with Gasteiger partial charge in [0.2, 0.25) is 0 Å². The summed E-state index contributed by atoms with van der Waals surface area (Å²) in [5, 5.41) is 3.23. The Kier molecular flexibility index (Phi) is 3.28. The first kappa shape index (κ1) is 10.5. The number of rotatable bonds is 4. The van der Waals surface area contributed by atoms with Gasteiger partial charge >= 0.3 is 0 Å². The summed E-state index contributed by atoms with van der Waals surface area (Å²) in [4.78, 5) is 0. The summed E-state index contributed by atoms with van der Waals surface area (Å²) in [5.74, 6) is 0. The topological polar surface area (TPSA) is 21.3 Å². The number of hydrogen-bond acceptors (Lipinski definition) is 2. The Morgan fingerprint density at radius 3 is 2.80 bits per heavy atom. The van der Waals surface area contributed by atoms with Crippen LogP contribution in [0.2, 0.25) is 0 Å². The number of alkyl halides is 2. The lowest BCUT2D eigenvalue weighted by atomic mass is 10.1. The molecule has 15 heavy (non-hydrogen) atoms. The van der Waals surface area contributed by atoms with E-state index < -0.39 is 6.43 Å². The molecule has 1 heterocycles. The molecular formula is C11H13F2NO. The highest BCUT2D eigenvalue weighted by Crippen LogP contribution is 2.19. The molecule has 4 heteroatoms. The quantitative estimate of drug-likeness (QED) is 0.827. The van der Waals surface area contributed by atoms with Crippen LogP contribution in [-0.2, 0) is 11.3 Å². The smallest absolute Gasteiger partial charge is 0.263 e. The van der Waals surface area contributed by atoms with E-state index in [4.69, 9.17) is 4.74 Å². The van der Waals surface area contributed by atoms with Gasteiger partial charge < -0.3 is 10.1 Å². The molecule has 2 nitrogen and oxygen atoms in total. The molecule has 1 fully saturated rings. The van der Waals surface area contributed by atoms with Gasteiger partial charge in [-0.15, -0.1) is 0 Å². The highest BCUT2D eigenvalue weighted by atomic mass is 19.3. The molecule has 0 atom stereocenters. The van der Waals surface area contributed by atoms with Crippen LogP contribution in [0, 0.1) is 0 Å². The van der Waals surface area contributed by atoms with Crippen molar-refractivity contribution in [3.05, 3.63) is 35.4 Å². The Morgan fingerprint density at radius 2 is 2.20 bits per heavy atom. The van der Waals surface area contributed by atoms with Crippen LogP contribution in [0.4, 0.5) is 8.78 Å². The number of benzene rings is 1. The Labute approximate surface area is 87.2 Å². The van der Waals surface area contributed by atoms with Gasteiger partial charge in [-0.05, 0) is 11.6 Å². The van der Waals surface area contributed by atoms with E-state index in [1.54, 1.807) is 6.07 Å². The fourth-order valence-corrected chi connectivity index (χ4v) is 1.45. The second-order valence-corrected chi connectivity index (χ2v) is 3.66. The standard InChI is InChI=1S/C11H13F2NO/c12-11(13)9-3-1-2-8(4-9)5-14-10-6-15-7-10/h1-4,10-11,14H,5-7H2. The molecule has 1 aliphatic heterocycles. The molecule has 0 aromatic heterocycles. The van der Waals surface area contributed by atoms with Gasteiger partial charge in [0, 0.05) is 12.1 Å². The normalized spacial score (nSPS) is 16.7. The Balaban J connectivity index is 1.92. The van der Waals surface area contributed by atoms with Crippen LogP contribution < -0.4 is 5.32 Å². The van der Waals surface area contributed by atoms with Crippen LogP contribution in [-0.4, -0.2) is 19.3 Å². The summed E-state index contributed by atoms with van der Waals surface area (Å²) >= 11 is 0. The minimum absolute atomic E-state index is 0.0826. The van der Waals surface area contributed by atoms with Gasteiger partial charge in [-0.25, -0.2) is 8.78 Å². The molecule has 0 aliphatic carbocycles. The molecule has 1 saturated heterocycles. The molecular weight excluding hydrogens is 200 g/mol. The molecule has 1 aliphatic rings. The maximum absolute atomic E-state index is 12.4. The highest BCUT2D eigenvalue weighted by Gasteiger charge is 2.17. The summed E-state index contributed by atoms with van der Waals surface area (Å²) in [6, 6.07) is 6.87. The summed E-state index contributed by atoms with van der Waals surface area (Å²) < 4.78 is 29.8. The monoisotopic (exact) mass is 213 g/mol.